The SMILES string of the molecule is CCC(C(=O)Nc1nn(Cc2c(F)cccc2Cl)cc1Cl)n1cc(Br)cn1. The van der Waals surface area contributed by atoms with Crippen molar-refractivity contribution in [1.29, 1.82) is 0 Å². The monoisotopic (exact) mass is 473 g/mol. The molecule has 0 fully saturated rings. The van der Waals surface area contributed by atoms with Gasteiger partial charge < -0.3 is 5.32 Å². The second-order valence-corrected chi connectivity index (χ2v) is 7.51. The van der Waals surface area contributed by atoms with E-state index in [2.05, 4.69) is 31.4 Å². The van der Waals surface area contributed by atoms with Gasteiger partial charge in [0.25, 0.3) is 0 Å². The molecule has 10 heteroatoms. The lowest BCUT2D eigenvalue weighted by atomic mass is 10.2. The number of amides is 1. The first kappa shape index (κ1) is 19.9. The number of benzene rings is 1. The van der Waals surface area contributed by atoms with Crippen molar-refractivity contribution in [1.82, 2.24) is 19.6 Å². The van der Waals surface area contributed by atoms with E-state index in [1.807, 2.05) is 6.92 Å². The van der Waals surface area contributed by atoms with Gasteiger partial charge in [-0.05, 0) is 34.5 Å². The van der Waals surface area contributed by atoms with E-state index in [0.717, 1.165) is 4.47 Å². The van der Waals surface area contributed by atoms with Crippen molar-refractivity contribution in [2.75, 3.05) is 5.32 Å². The Morgan fingerprint density at radius 1 is 1.33 bits per heavy atom. The van der Waals surface area contributed by atoms with Crippen molar-refractivity contribution >= 4 is 50.9 Å². The van der Waals surface area contributed by atoms with Crippen LogP contribution >= 0.6 is 39.1 Å². The van der Waals surface area contributed by atoms with Crippen LogP contribution in [0, 0.1) is 5.82 Å². The van der Waals surface area contributed by atoms with Crippen LogP contribution in [-0.2, 0) is 11.3 Å². The van der Waals surface area contributed by atoms with Crippen LogP contribution in [-0.4, -0.2) is 25.5 Å². The standard InChI is InChI=1S/C17H15BrCl2FN5O/c1-2-15(26-7-10(18)6-22-26)17(27)23-16-13(20)9-25(24-16)8-11-12(19)4-3-5-14(11)21/h3-7,9,15H,2,8H2,1H3,(H,23,24,27). The zero-order valence-corrected chi connectivity index (χ0v) is 17.3. The largest absolute Gasteiger partial charge is 0.306 e. The molecule has 0 aliphatic carbocycles. The molecule has 0 saturated carbocycles. The normalized spacial score (nSPS) is 12.2. The summed E-state index contributed by atoms with van der Waals surface area (Å²) >= 11 is 15.5. The number of carbonyl (C=O) groups is 1. The number of carbonyl (C=O) groups excluding carboxylic acids is 1. The number of hydrogen-bond donors (Lipinski definition) is 1. The lowest BCUT2D eigenvalue weighted by Crippen LogP contribution is -2.26. The van der Waals surface area contributed by atoms with Crippen LogP contribution in [0.1, 0.15) is 24.9 Å². The molecule has 3 rings (SSSR count). The van der Waals surface area contributed by atoms with Gasteiger partial charge in [0, 0.05) is 23.0 Å². The van der Waals surface area contributed by atoms with Crippen LogP contribution in [0.4, 0.5) is 10.2 Å². The fourth-order valence-corrected chi connectivity index (χ4v) is 3.31. The van der Waals surface area contributed by atoms with Crippen molar-refractivity contribution < 1.29 is 9.18 Å². The van der Waals surface area contributed by atoms with E-state index in [1.54, 1.807) is 23.1 Å². The fraction of sp³-hybridized carbons (Fsp3) is 0.235. The smallest absolute Gasteiger partial charge is 0.250 e. The Balaban J connectivity index is 1.77. The summed E-state index contributed by atoms with van der Waals surface area (Å²) < 4.78 is 17.7. The third-order valence-corrected chi connectivity index (χ3v) is 4.96. The van der Waals surface area contributed by atoms with Crippen LogP contribution in [0.15, 0.2) is 41.3 Å². The van der Waals surface area contributed by atoms with Crippen molar-refractivity contribution in [2.24, 2.45) is 0 Å². The molecule has 1 unspecified atom stereocenters. The van der Waals surface area contributed by atoms with Crippen molar-refractivity contribution in [3.05, 3.63) is 62.7 Å². The molecule has 27 heavy (non-hydrogen) atoms. The zero-order chi connectivity index (χ0) is 19.6. The van der Waals surface area contributed by atoms with E-state index in [4.69, 9.17) is 23.2 Å². The molecule has 0 radical (unpaired) electrons. The van der Waals surface area contributed by atoms with Crippen LogP contribution in [0.25, 0.3) is 0 Å². The summed E-state index contributed by atoms with van der Waals surface area (Å²) in [4.78, 5) is 12.6. The highest BCUT2D eigenvalue weighted by Crippen LogP contribution is 2.25. The molecule has 0 aliphatic rings. The molecule has 3 aromatic rings. The van der Waals surface area contributed by atoms with E-state index < -0.39 is 11.9 Å². The van der Waals surface area contributed by atoms with Gasteiger partial charge in [0.05, 0.1) is 17.2 Å². The summed E-state index contributed by atoms with van der Waals surface area (Å²) in [6.45, 7) is 1.96. The first-order chi connectivity index (χ1) is 12.9. The summed E-state index contributed by atoms with van der Waals surface area (Å²) in [5.74, 6) is -0.544. The highest BCUT2D eigenvalue weighted by atomic mass is 79.9. The second-order valence-electron chi connectivity index (χ2n) is 5.78. The topological polar surface area (TPSA) is 64.7 Å². The van der Waals surface area contributed by atoms with E-state index in [-0.39, 0.29) is 23.3 Å². The minimum absolute atomic E-state index is 0.0877. The highest BCUT2D eigenvalue weighted by molar-refractivity contribution is 9.10. The van der Waals surface area contributed by atoms with Crippen LogP contribution in [0.5, 0.6) is 0 Å². The fourth-order valence-electron chi connectivity index (χ4n) is 2.59. The average Bonchev–Trinajstić information content (AvgIpc) is 3.18. The molecule has 2 heterocycles. The number of nitrogens with zero attached hydrogens (tertiary/aromatic N) is 4. The summed E-state index contributed by atoms with van der Waals surface area (Å²) in [6.07, 6.45) is 5.36. The zero-order valence-electron chi connectivity index (χ0n) is 14.2. The number of rotatable bonds is 6. The van der Waals surface area contributed by atoms with Gasteiger partial charge in [-0.3, -0.25) is 14.2 Å². The van der Waals surface area contributed by atoms with Gasteiger partial charge in [-0.1, -0.05) is 36.2 Å². The molecule has 1 aromatic carbocycles. The van der Waals surface area contributed by atoms with Gasteiger partial charge in [0.15, 0.2) is 5.82 Å². The predicted molar refractivity (Wildman–Crippen MR) is 106 cm³/mol. The average molecular weight is 475 g/mol. The summed E-state index contributed by atoms with van der Waals surface area (Å²) in [7, 11) is 0. The van der Waals surface area contributed by atoms with Gasteiger partial charge in [-0.25, -0.2) is 4.39 Å². The molecule has 1 N–H and O–H groups in total. The number of anilines is 1. The molecule has 1 amide bonds. The van der Waals surface area contributed by atoms with E-state index in [9.17, 15) is 9.18 Å². The third kappa shape index (κ3) is 4.51. The van der Waals surface area contributed by atoms with E-state index in [1.165, 1.54) is 23.0 Å². The Labute approximate surface area is 173 Å². The molecule has 0 aliphatic heterocycles. The molecule has 2 aromatic heterocycles. The third-order valence-electron chi connectivity index (χ3n) is 3.92. The number of hydrogen-bond acceptors (Lipinski definition) is 3. The van der Waals surface area contributed by atoms with Crippen molar-refractivity contribution in [3.8, 4) is 0 Å². The van der Waals surface area contributed by atoms with Crippen LogP contribution in [0.3, 0.4) is 0 Å². The molecule has 0 spiro atoms. The van der Waals surface area contributed by atoms with Gasteiger partial charge >= 0.3 is 0 Å². The van der Waals surface area contributed by atoms with Crippen molar-refractivity contribution in [3.63, 3.8) is 0 Å². The van der Waals surface area contributed by atoms with Crippen LogP contribution in [0.2, 0.25) is 10.0 Å². The molecular weight excluding hydrogens is 460 g/mol. The highest BCUT2D eigenvalue weighted by Gasteiger charge is 2.22. The minimum Gasteiger partial charge on any atom is -0.306 e. The Kier molecular flexibility index (Phi) is 6.18. The quantitative estimate of drug-likeness (QED) is 0.551. The summed E-state index contributed by atoms with van der Waals surface area (Å²) in [5, 5.41) is 11.6. The summed E-state index contributed by atoms with van der Waals surface area (Å²) in [6, 6.07) is 3.94. The Morgan fingerprint density at radius 2 is 2.11 bits per heavy atom. The predicted octanol–water partition coefficient (Wildman–Crippen LogP) is 4.93. The van der Waals surface area contributed by atoms with Gasteiger partial charge in [-0.15, -0.1) is 0 Å². The van der Waals surface area contributed by atoms with Gasteiger partial charge in [-0.2, -0.15) is 10.2 Å². The minimum atomic E-state index is -0.515. The maximum Gasteiger partial charge on any atom is 0.250 e. The van der Waals surface area contributed by atoms with E-state index >= 15 is 0 Å². The molecular formula is C17H15BrCl2FN5O. The Hall–Kier alpha value is -1.90. The molecule has 0 bridgehead atoms. The second kappa shape index (κ2) is 8.41. The number of aromatic nitrogens is 4. The molecule has 0 saturated heterocycles. The lowest BCUT2D eigenvalue weighted by Gasteiger charge is -2.14. The van der Waals surface area contributed by atoms with E-state index in [0.29, 0.717) is 17.0 Å². The molecule has 6 nitrogen and oxygen atoms in total. The number of halogens is 4. The Bertz CT molecular complexity index is 954. The number of nitrogens with one attached hydrogen (secondary N) is 1. The van der Waals surface area contributed by atoms with Gasteiger partial charge in [0.1, 0.15) is 16.9 Å². The van der Waals surface area contributed by atoms with Gasteiger partial charge in [0.2, 0.25) is 5.91 Å². The first-order valence-corrected chi connectivity index (χ1v) is 9.60. The van der Waals surface area contributed by atoms with Crippen molar-refractivity contribution in [2.45, 2.75) is 25.9 Å². The van der Waals surface area contributed by atoms with Crippen LogP contribution < -0.4 is 5.32 Å². The lowest BCUT2D eigenvalue weighted by molar-refractivity contribution is -0.119. The maximum atomic E-state index is 14.0. The Morgan fingerprint density at radius 3 is 2.74 bits per heavy atom. The molecule has 142 valence electrons. The first-order valence-electron chi connectivity index (χ1n) is 8.05. The molecule has 1 atom stereocenters. The maximum absolute atomic E-state index is 14.0. The summed E-state index contributed by atoms with van der Waals surface area (Å²) in [5.41, 5.74) is 0.295.